The molecule has 0 aromatic heterocycles. The number of aryl methyl sites for hydroxylation is 1. The van der Waals surface area contributed by atoms with Gasteiger partial charge in [-0.2, -0.15) is 0 Å². The highest BCUT2D eigenvalue weighted by Gasteiger charge is 2.11. The summed E-state index contributed by atoms with van der Waals surface area (Å²) in [6, 6.07) is 13.7. The largest absolute Gasteiger partial charge is 0.378 e. The maximum Gasteiger partial charge on any atom is 0.191 e. The number of aliphatic imine (C=N–C) groups is 1. The van der Waals surface area contributed by atoms with Crippen molar-refractivity contribution in [2.75, 3.05) is 32.3 Å². The Balaban J connectivity index is 0.00000392. The normalized spacial score (nSPS) is 11.5. The Bertz CT molecular complexity index is 928. The fraction of sp³-hybridized carbons (Fsp3) is 0.350. The van der Waals surface area contributed by atoms with Crippen molar-refractivity contribution >= 4 is 45.5 Å². The second-order valence-electron chi connectivity index (χ2n) is 6.72. The van der Waals surface area contributed by atoms with Crippen LogP contribution in [0.15, 0.2) is 52.4 Å². The second kappa shape index (κ2) is 10.7. The van der Waals surface area contributed by atoms with E-state index in [9.17, 15) is 8.42 Å². The Kier molecular flexibility index (Phi) is 9.22. The molecule has 2 aromatic carbocycles. The van der Waals surface area contributed by atoms with Crippen LogP contribution < -0.4 is 15.5 Å². The molecule has 0 saturated carbocycles. The van der Waals surface area contributed by atoms with Crippen molar-refractivity contribution in [1.82, 2.24) is 10.6 Å². The summed E-state index contributed by atoms with van der Waals surface area (Å²) < 4.78 is 23.4. The maximum absolute atomic E-state index is 11.7. The number of hydrogen-bond acceptors (Lipinski definition) is 4. The van der Waals surface area contributed by atoms with Gasteiger partial charge in [0.05, 0.1) is 4.90 Å². The molecule has 0 aliphatic heterocycles. The molecule has 0 spiro atoms. The number of hydrogen-bond donors (Lipinski definition) is 2. The molecule has 2 N–H and O–H groups in total. The summed E-state index contributed by atoms with van der Waals surface area (Å²) in [6.45, 7) is 3.03. The highest BCUT2D eigenvalue weighted by molar-refractivity contribution is 14.0. The lowest BCUT2D eigenvalue weighted by molar-refractivity contribution is 0.601. The second-order valence-corrected chi connectivity index (χ2v) is 8.70. The SMILES string of the molecule is CN=C(NCc1cccc(N(C)C)c1)NCc1ccc(S(C)(=O)=O)c(C)c1.I. The van der Waals surface area contributed by atoms with Gasteiger partial charge in [0.15, 0.2) is 15.8 Å². The van der Waals surface area contributed by atoms with E-state index >= 15 is 0 Å². The minimum absolute atomic E-state index is 0. The van der Waals surface area contributed by atoms with E-state index in [0.717, 1.165) is 22.4 Å². The first-order chi connectivity index (χ1) is 12.7. The van der Waals surface area contributed by atoms with Crippen LogP contribution in [-0.4, -0.2) is 41.8 Å². The molecule has 0 atom stereocenters. The Morgan fingerprint density at radius 2 is 1.64 bits per heavy atom. The van der Waals surface area contributed by atoms with Crippen molar-refractivity contribution < 1.29 is 8.42 Å². The van der Waals surface area contributed by atoms with Gasteiger partial charge in [0, 0.05) is 46.2 Å². The molecule has 8 heteroatoms. The van der Waals surface area contributed by atoms with E-state index in [0.29, 0.717) is 23.9 Å². The minimum atomic E-state index is -3.20. The minimum Gasteiger partial charge on any atom is -0.378 e. The Hall–Kier alpha value is -1.81. The molecule has 0 aliphatic rings. The van der Waals surface area contributed by atoms with Crippen LogP contribution in [0.25, 0.3) is 0 Å². The van der Waals surface area contributed by atoms with E-state index in [-0.39, 0.29) is 24.0 Å². The molecule has 0 unspecified atom stereocenters. The number of halogens is 1. The highest BCUT2D eigenvalue weighted by atomic mass is 127. The molecule has 154 valence electrons. The standard InChI is InChI=1S/C20H28N4O2S.HI/c1-15-11-17(9-10-19(15)27(5,25)26)14-23-20(21-2)22-13-16-7-6-8-18(12-16)24(3)4;/h6-12H,13-14H2,1-5H3,(H2,21,22,23);1H. The Morgan fingerprint density at radius 3 is 2.14 bits per heavy atom. The quantitative estimate of drug-likeness (QED) is 0.351. The molecule has 0 fully saturated rings. The van der Waals surface area contributed by atoms with Crippen molar-refractivity contribution in [1.29, 1.82) is 0 Å². The molecule has 0 radical (unpaired) electrons. The summed E-state index contributed by atoms with van der Waals surface area (Å²) in [7, 11) is 2.57. The first-order valence-electron chi connectivity index (χ1n) is 8.71. The van der Waals surface area contributed by atoms with Crippen LogP contribution >= 0.6 is 24.0 Å². The Labute approximate surface area is 185 Å². The topological polar surface area (TPSA) is 73.8 Å². The van der Waals surface area contributed by atoms with Gasteiger partial charge in [0.2, 0.25) is 0 Å². The number of benzene rings is 2. The van der Waals surface area contributed by atoms with E-state index in [1.807, 2.05) is 39.2 Å². The summed E-state index contributed by atoms with van der Waals surface area (Å²) in [5.41, 5.74) is 4.06. The van der Waals surface area contributed by atoms with E-state index in [4.69, 9.17) is 0 Å². The molecular weight excluding hydrogens is 487 g/mol. The van der Waals surface area contributed by atoms with Crippen molar-refractivity contribution in [3.8, 4) is 0 Å². The molecule has 6 nitrogen and oxygen atoms in total. The molecule has 0 bridgehead atoms. The third-order valence-electron chi connectivity index (χ3n) is 4.21. The number of rotatable bonds is 6. The fourth-order valence-electron chi connectivity index (χ4n) is 2.77. The summed E-state index contributed by atoms with van der Waals surface area (Å²) in [5.74, 6) is 0.690. The molecule has 0 heterocycles. The summed E-state index contributed by atoms with van der Waals surface area (Å²) in [4.78, 5) is 6.68. The van der Waals surface area contributed by atoms with E-state index in [1.54, 1.807) is 13.1 Å². The highest BCUT2D eigenvalue weighted by Crippen LogP contribution is 2.16. The predicted molar refractivity (Wildman–Crippen MR) is 128 cm³/mol. The van der Waals surface area contributed by atoms with E-state index in [1.165, 1.54) is 6.26 Å². The van der Waals surface area contributed by atoms with Crippen LogP contribution in [-0.2, 0) is 22.9 Å². The summed E-state index contributed by atoms with van der Waals surface area (Å²) in [6.07, 6.45) is 1.23. The van der Waals surface area contributed by atoms with Gasteiger partial charge in [-0.05, 0) is 41.8 Å². The van der Waals surface area contributed by atoms with Gasteiger partial charge in [-0.25, -0.2) is 8.42 Å². The molecule has 0 aliphatic carbocycles. The van der Waals surface area contributed by atoms with E-state index < -0.39 is 9.84 Å². The molecule has 0 amide bonds. The van der Waals surface area contributed by atoms with Crippen LogP contribution in [0, 0.1) is 6.92 Å². The zero-order valence-electron chi connectivity index (χ0n) is 17.0. The third-order valence-corrected chi connectivity index (χ3v) is 5.47. The zero-order valence-corrected chi connectivity index (χ0v) is 20.1. The summed E-state index contributed by atoms with van der Waals surface area (Å²) in [5, 5.41) is 6.55. The zero-order chi connectivity index (χ0) is 20.0. The Morgan fingerprint density at radius 1 is 1.04 bits per heavy atom. The van der Waals surface area contributed by atoms with Crippen LogP contribution in [0.5, 0.6) is 0 Å². The number of nitrogens with one attached hydrogen (secondary N) is 2. The van der Waals surface area contributed by atoms with Gasteiger partial charge in [0.25, 0.3) is 0 Å². The third kappa shape index (κ3) is 6.97. The average molecular weight is 516 g/mol. The molecule has 2 aromatic rings. The lowest BCUT2D eigenvalue weighted by Crippen LogP contribution is -2.36. The van der Waals surface area contributed by atoms with Crippen LogP contribution in [0.4, 0.5) is 5.69 Å². The first-order valence-corrected chi connectivity index (χ1v) is 10.6. The van der Waals surface area contributed by atoms with Crippen molar-refractivity contribution in [2.24, 2.45) is 4.99 Å². The molecular formula is C20H29IN4O2S. The number of nitrogens with zero attached hydrogens (tertiary/aromatic N) is 2. The lowest BCUT2D eigenvalue weighted by Gasteiger charge is -2.15. The lowest BCUT2D eigenvalue weighted by atomic mass is 10.1. The molecule has 0 saturated heterocycles. The average Bonchev–Trinajstić information content (AvgIpc) is 2.61. The first kappa shape index (κ1) is 24.2. The number of sulfone groups is 1. The van der Waals surface area contributed by atoms with Crippen molar-refractivity contribution in [3.63, 3.8) is 0 Å². The van der Waals surface area contributed by atoms with Gasteiger partial charge >= 0.3 is 0 Å². The summed E-state index contributed by atoms with van der Waals surface area (Å²) >= 11 is 0. The van der Waals surface area contributed by atoms with Gasteiger partial charge in [-0.15, -0.1) is 24.0 Å². The number of guanidine groups is 1. The maximum atomic E-state index is 11.7. The molecule has 2 rings (SSSR count). The smallest absolute Gasteiger partial charge is 0.191 e. The van der Waals surface area contributed by atoms with E-state index in [2.05, 4.69) is 38.7 Å². The molecule has 28 heavy (non-hydrogen) atoms. The van der Waals surface area contributed by atoms with Gasteiger partial charge in [-0.1, -0.05) is 24.3 Å². The van der Waals surface area contributed by atoms with Crippen molar-refractivity contribution in [3.05, 3.63) is 59.2 Å². The van der Waals surface area contributed by atoms with Crippen LogP contribution in [0.3, 0.4) is 0 Å². The van der Waals surface area contributed by atoms with Gasteiger partial charge in [-0.3, -0.25) is 4.99 Å². The van der Waals surface area contributed by atoms with Crippen LogP contribution in [0.2, 0.25) is 0 Å². The monoisotopic (exact) mass is 516 g/mol. The van der Waals surface area contributed by atoms with Gasteiger partial charge < -0.3 is 15.5 Å². The van der Waals surface area contributed by atoms with Crippen molar-refractivity contribution in [2.45, 2.75) is 24.9 Å². The fourth-order valence-corrected chi connectivity index (χ4v) is 3.73. The predicted octanol–water partition coefficient (Wildman–Crippen LogP) is 2.95. The van der Waals surface area contributed by atoms with Crippen LogP contribution in [0.1, 0.15) is 16.7 Å². The van der Waals surface area contributed by atoms with Gasteiger partial charge in [0.1, 0.15) is 0 Å². The number of anilines is 1.